The summed E-state index contributed by atoms with van der Waals surface area (Å²) >= 11 is 0. The summed E-state index contributed by atoms with van der Waals surface area (Å²) in [5.74, 6) is 0.967. The Morgan fingerprint density at radius 2 is 1.50 bits per heavy atom. The lowest BCUT2D eigenvalue weighted by Crippen LogP contribution is -2.13. The van der Waals surface area contributed by atoms with Crippen LogP contribution in [0.15, 0.2) is 72.8 Å². The number of halogens is 3. The second kappa shape index (κ2) is 10.7. The number of nitrogens with one attached hydrogen (secondary N) is 1. The highest BCUT2D eigenvalue weighted by Gasteiger charge is 2.30. The predicted molar refractivity (Wildman–Crippen MR) is 117 cm³/mol. The van der Waals surface area contributed by atoms with E-state index < -0.39 is 17.6 Å². The summed E-state index contributed by atoms with van der Waals surface area (Å²) in [5, 5.41) is 2.48. The molecule has 0 fully saturated rings. The second-order valence-corrected chi connectivity index (χ2v) is 7.28. The van der Waals surface area contributed by atoms with E-state index >= 15 is 0 Å². The molecule has 0 aliphatic heterocycles. The van der Waals surface area contributed by atoms with E-state index in [0.29, 0.717) is 24.5 Å². The van der Waals surface area contributed by atoms with E-state index in [2.05, 4.69) is 5.32 Å². The van der Waals surface area contributed by atoms with Crippen LogP contribution in [0.4, 0.5) is 18.9 Å². The Balaban J connectivity index is 1.41. The maximum Gasteiger partial charge on any atom is 0.416 e. The van der Waals surface area contributed by atoms with Gasteiger partial charge in [-0.05, 0) is 79.9 Å². The van der Waals surface area contributed by atoms with Crippen molar-refractivity contribution < 1.29 is 27.4 Å². The fraction of sp³-hybridized carbons (Fsp3) is 0.240. The predicted octanol–water partition coefficient (Wildman–Crippen LogP) is 6.50. The van der Waals surface area contributed by atoms with Crippen LogP contribution in [0.3, 0.4) is 0 Å². The fourth-order valence-electron chi connectivity index (χ4n) is 2.97. The van der Waals surface area contributed by atoms with E-state index in [-0.39, 0.29) is 5.69 Å². The standard InChI is InChI=1S/C25H24F3NO3/c1-18-6-4-9-23(16-18)32-15-3-2-14-31-22-12-10-19(11-13-22)24(30)29-21-8-5-7-20(17-21)25(26,27)28/h4-13,16-17H,2-3,14-15H2,1H3,(H,29,30). The summed E-state index contributed by atoms with van der Waals surface area (Å²) in [7, 11) is 0. The molecule has 1 N–H and O–H groups in total. The van der Waals surface area contributed by atoms with E-state index in [0.717, 1.165) is 36.3 Å². The molecule has 1 amide bonds. The van der Waals surface area contributed by atoms with Crippen molar-refractivity contribution in [3.8, 4) is 11.5 Å². The Kier molecular flexibility index (Phi) is 7.76. The molecule has 32 heavy (non-hydrogen) atoms. The Morgan fingerprint density at radius 1 is 0.844 bits per heavy atom. The third-order valence-electron chi connectivity index (χ3n) is 4.63. The largest absolute Gasteiger partial charge is 0.494 e. The van der Waals surface area contributed by atoms with Gasteiger partial charge in [0.15, 0.2) is 0 Å². The molecule has 168 valence electrons. The monoisotopic (exact) mass is 443 g/mol. The van der Waals surface area contributed by atoms with Gasteiger partial charge in [0.05, 0.1) is 18.8 Å². The molecule has 0 atom stereocenters. The molecule has 3 rings (SSSR count). The van der Waals surface area contributed by atoms with Crippen molar-refractivity contribution in [2.24, 2.45) is 0 Å². The van der Waals surface area contributed by atoms with Crippen molar-refractivity contribution in [2.75, 3.05) is 18.5 Å². The summed E-state index contributed by atoms with van der Waals surface area (Å²) in [5.41, 5.74) is 0.737. The topological polar surface area (TPSA) is 47.6 Å². The van der Waals surface area contributed by atoms with Crippen LogP contribution in [0.1, 0.15) is 34.3 Å². The average Bonchev–Trinajstić information content (AvgIpc) is 2.76. The van der Waals surface area contributed by atoms with Gasteiger partial charge in [0.25, 0.3) is 5.91 Å². The lowest BCUT2D eigenvalue weighted by molar-refractivity contribution is -0.137. The van der Waals surface area contributed by atoms with Crippen molar-refractivity contribution in [1.29, 1.82) is 0 Å². The highest BCUT2D eigenvalue weighted by Crippen LogP contribution is 2.30. The summed E-state index contributed by atoms with van der Waals surface area (Å²) in [6.07, 6.45) is -2.82. The van der Waals surface area contributed by atoms with Crippen molar-refractivity contribution >= 4 is 11.6 Å². The van der Waals surface area contributed by atoms with Gasteiger partial charge in [0.1, 0.15) is 11.5 Å². The SMILES string of the molecule is Cc1cccc(OCCCCOc2ccc(C(=O)Nc3cccc(C(F)(F)F)c3)cc2)c1. The van der Waals surface area contributed by atoms with E-state index in [1.807, 2.05) is 31.2 Å². The molecule has 0 aromatic heterocycles. The van der Waals surface area contributed by atoms with Gasteiger partial charge in [-0.3, -0.25) is 4.79 Å². The number of alkyl halides is 3. The van der Waals surface area contributed by atoms with Crippen molar-refractivity contribution in [1.82, 2.24) is 0 Å². The van der Waals surface area contributed by atoms with Gasteiger partial charge in [0, 0.05) is 11.3 Å². The molecule has 0 saturated carbocycles. The van der Waals surface area contributed by atoms with Crippen LogP contribution in [0.25, 0.3) is 0 Å². The lowest BCUT2D eigenvalue weighted by atomic mass is 10.1. The Hall–Kier alpha value is -3.48. The van der Waals surface area contributed by atoms with Gasteiger partial charge in [-0.15, -0.1) is 0 Å². The van der Waals surface area contributed by atoms with Crippen molar-refractivity contribution in [3.05, 3.63) is 89.5 Å². The molecule has 7 heteroatoms. The smallest absolute Gasteiger partial charge is 0.416 e. The van der Waals surface area contributed by atoms with Crippen LogP contribution >= 0.6 is 0 Å². The number of hydrogen-bond donors (Lipinski definition) is 1. The number of ether oxygens (including phenoxy) is 2. The fourth-order valence-corrected chi connectivity index (χ4v) is 2.97. The van der Waals surface area contributed by atoms with Crippen LogP contribution in [0.2, 0.25) is 0 Å². The van der Waals surface area contributed by atoms with Gasteiger partial charge in [-0.25, -0.2) is 0 Å². The van der Waals surface area contributed by atoms with Crippen LogP contribution in [-0.4, -0.2) is 19.1 Å². The number of hydrogen-bond acceptors (Lipinski definition) is 3. The summed E-state index contributed by atoms with van der Waals surface area (Å²) < 4.78 is 49.8. The van der Waals surface area contributed by atoms with Crippen molar-refractivity contribution in [2.45, 2.75) is 25.9 Å². The minimum Gasteiger partial charge on any atom is -0.494 e. The summed E-state index contributed by atoms with van der Waals surface area (Å²) in [4.78, 5) is 12.3. The Morgan fingerprint density at radius 3 is 2.16 bits per heavy atom. The first-order valence-electron chi connectivity index (χ1n) is 10.2. The average molecular weight is 443 g/mol. The van der Waals surface area contributed by atoms with Gasteiger partial charge in [0.2, 0.25) is 0 Å². The number of amides is 1. The third-order valence-corrected chi connectivity index (χ3v) is 4.63. The summed E-state index contributed by atoms with van der Waals surface area (Å²) in [6.45, 7) is 3.12. The molecular weight excluding hydrogens is 419 g/mol. The zero-order chi connectivity index (χ0) is 23.0. The molecule has 0 saturated heterocycles. The van der Waals surface area contributed by atoms with E-state index in [1.165, 1.54) is 12.1 Å². The zero-order valence-corrected chi connectivity index (χ0v) is 17.6. The second-order valence-electron chi connectivity index (χ2n) is 7.28. The van der Waals surface area contributed by atoms with Gasteiger partial charge >= 0.3 is 6.18 Å². The minimum atomic E-state index is -4.47. The maximum atomic E-state index is 12.8. The number of unbranched alkanes of at least 4 members (excludes halogenated alkanes) is 1. The first-order valence-corrected chi connectivity index (χ1v) is 10.2. The molecular formula is C25H24F3NO3. The number of anilines is 1. The maximum absolute atomic E-state index is 12.8. The van der Waals surface area contributed by atoms with Crippen LogP contribution in [-0.2, 0) is 6.18 Å². The van der Waals surface area contributed by atoms with E-state index in [1.54, 1.807) is 24.3 Å². The molecule has 0 aliphatic carbocycles. The summed E-state index contributed by atoms with van der Waals surface area (Å²) in [6, 6.07) is 18.9. The third kappa shape index (κ3) is 7.04. The number of carbonyl (C=O) groups excluding carboxylic acids is 1. The van der Waals surface area contributed by atoms with Gasteiger partial charge < -0.3 is 14.8 Å². The number of benzene rings is 3. The van der Waals surface area contributed by atoms with E-state index in [4.69, 9.17) is 9.47 Å². The van der Waals surface area contributed by atoms with Gasteiger partial charge in [-0.2, -0.15) is 13.2 Å². The molecule has 0 radical (unpaired) electrons. The molecule has 0 unspecified atom stereocenters. The zero-order valence-electron chi connectivity index (χ0n) is 17.6. The quantitative estimate of drug-likeness (QED) is 0.384. The van der Waals surface area contributed by atoms with E-state index in [9.17, 15) is 18.0 Å². The normalized spacial score (nSPS) is 11.1. The first-order chi connectivity index (χ1) is 15.3. The van der Waals surface area contributed by atoms with Crippen LogP contribution in [0, 0.1) is 6.92 Å². The Labute approximate surface area is 185 Å². The van der Waals surface area contributed by atoms with Gasteiger partial charge in [-0.1, -0.05) is 18.2 Å². The molecule has 0 aliphatic rings. The lowest BCUT2D eigenvalue weighted by Gasteiger charge is -2.11. The molecule has 4 nitrogen and oxygen atoms in total. The molecule has 3 aromatic carbocycles. The number of carbonyl (C=O) groups is 1. The Bertz CT molecular complexity index is 1030. The highest BCUT2D eigenvalue weighted by atomic mass is 19.4. The van der Waals surface area contributed by atoms with Crippen molar-refractivity contribution in [3.63, 3.8) is 0 Å². The molecule has 0 spiro atoms. The highest BCUT2D eigenvalue weighted by molar-refractivity contribution is 6.04. The van der Waals surface area contributed by atoms with Crippen LogP contribution in [0.5, 0.6) is 11.5 Å². The first kappa shape index (κ1) is 23.2. The molecule has 3 aromatic rings. The minimum absolute atomic E-state index is 0.0815. The number of rotatable bonds is 9. The number of aryl methyl sites for hydroxylation is 1. The molecule has 0 bridgehead atoms. The molecule has 0 heterocycles. The van der Waals surface area contributed by atoms with Crippen LogP contribution < -0.4 is 14.8 Å².